The van der Waals surface area contributed by atoms with E-state index in [1.807, 2.05) is 24.3 Å². The Hall–Kier alpha value is -8.08. The number of hydrogen-bond acceptors (Lipinski definition) is 3. The van der Waals surface area contributed by atoms with Crippen molar-refractivity contribution in [3.05, 3.63) is 222 Å². The lowest BCUT2D eigenvalue weighted by Crippen LogP contribution is -2.25. The van der Waals surface area contributed by atoms with E-state index in [1.165, 1.54) is 66.3 Å². The second-order valence-electron chi connectivity index (χ2n) is 16.4. The number of nitrogens with zero attached hydrogens (tertiary/aromatic N) is 3. The molecule has 2 aliphatic carbocycles. The molecular formula is C57H33N3O. The Balaban J connectivity index is 1.04. The summed E-state index contributed by atoms with van der Waals surface area (Å²) < 4.78 is 9.36. The Morgan fingerprint density at radius 3 is 1.87 bits per heavy atom. The molecule has 4 heteroatoms. The van der Waals surface area contributed by atoms with E-state index in [1.54, 1.807) is 0 Å². The normalized spacial score (nSPS) is 13.4. The number of para-hydroxylation sites is 3. The molecule has 0 saturated carbocycles. The molecule has 4 nitrogen and oxygen atoms in total. The zero-order chi connectivity index (χ0) is 39.8. The zero-order valence-corrected chi connectivity index (χ0v) is 32.8. The highest BCUT2D eigenvalue weighted by Crippen LogP contribution is 2.64. The van der Waals surface area contributed by atoms with Crippen LogP contribution in [0.2, 0.25) is 0 Å². The van der Waals surface area contributed by atoms with E-state index in [2.05, 4.69) is 180 Å². The molecule has 9 aromatic carbocycles. The van der Waals surface area contributed by atoms with Crippen molar-refractivity contribution in [1.82, 2.24) is 14.5 Å². The summed E-state index contributed by atoms with van der Waals surface area (Å²) in [5.41, 5.74) is 18.9. The highest BCUT2D eigenvalue weighted by molar-refractivity contribution is 6.17. The Labute approximate surface area is 350 Å². The molecule has 0 radical (unpaired) electrons. The van der Waals surface area contributed by atoms with Crippen LogP contribution in [0.3, 0.4) is 0 Å². The number of hydrogen-bond donors (Lipinski definition) is 0. The molecule has 0 aliphatic heterocycles. The van der Waals surface area contributed by atoms with Gasteiger partial charge in [-0.15, -0.1) is 0 Å². The van der Waals surface area contributed by atoms with Gasteiger partial charge in [-0.3, -0.25) is 0 Å². The van der Waals surface area contributed by atoms with Crippen molar-refractivity contribution in [2.75, 3.05) is 0 Å². The van der Waals surface area contributed by atoms with Crippen molar-refractivity contribution in [1.29, 1.82) is 0 Å². The first-order chi connectivity index (χ1) is 30.3. The maximum atomic E-state index is 6.86. The lowest BCUT2D eigenvalue weighted by molar-refractivity contribution is 0.670. The summed E-state index contributed by atoms with van der Waals surface area (Å²) in [5, 5.41) is 5.57. The van der Waals surface area contributed by atoms with Gasteiger partial charge in [-0.05, 0) is 75.3 Å². The van der Waals surface area contributed by atoms with Crippen LogP contribution in [0.25, 0.3) is 105 Å². The molecule has 0 saturated heterocycles. The number of benzene rings is 9. The summed E-state index contributed by atoms with van der Waals surface area (Å²) in [7, 11) is 0. The van der Waals surface area contributed by atoms with Crippen LogP contribution in [0.1, 0.15) is 22.3 Å². The van der Waals surface area contributed by atoms with Crippen LogP contribution in [0, 0.1) is 0 Å². The predicted molar refractivity (Wildman–Crippen MR) is 248 cm³/mol. The van der Waals surface area contributed by atoms with Gasteiger partial charge in [0.2, 0.25) is 0 Å². The number of rotatable bonds is 3. The van der Waals surface area contributed by atoms with Crippen LogP contribution in [0.15, 0.2) is 205 Å². The third kappa shape index (κ3) is 4.23. The fourth-order valence-corrected chi connectivity index (χ4v) is 11.0. The lowest BCUT2D eigenvalue weighted by Gasteiger charge is -2.30. The van der Waals surface area contributed by atoms with Gasteiger partial charge < -0.3 is 8.98 Å². The van der Waals surface area contributed by atoms with Gasteiger partial charge in [-0.1, -0.05) is 164 Å². The number of aromatic nitrogens is 3. The first kappa shape index (κ1) is 32.8. The van der Waals surface area contributed by atoms with Crippen LogP contribution >= 0.6 is 0 Å². The van der Waals surface area contributed by atoms with Crippen LogP contribution in [0.5, 0.6) is 0 Å². The van der Waals surface area contributed by atoms with Gasteiger partial charge in [-0.2, -0.15) is 0 Å². The van der Waals surface area contributed by atoms with Crippen molar-refractivity contribution in [3.8, 4) is 50.6 Å². The van der Waals surface area contributed by atoms with Crippen molar-refractivity contribution in [3.63, 3.8) is 0 Å². The molecule has 3 aromatic heterocycles. The Morgan fingerprint density at radius 2 is 1.07 bits per heavy atom. The highest BCUT2D eigenvalue weighted by Gasteiger charge is 2.52. The van der Waals surface area contributed by atoms with Crippen molar-refractivity contribution >= 4 is 54.6 Å². The summed E-state index contributed by atoms with van der Waals surface area (Å²) >= 11 is 0. The van der Waals surface area contributed by atoms with Crippen LogP contribution in [0.4, 0.5) is 0 Å². The van der Waals surface area contributed by atoms with E-state index in [9.17, 15) is 0 Å². The average Bonchev–Trinajstić information content (AvgIpc) is 4.05. The van der Waals surface area contributed by atoms with E-state index in [-0.39, 0.29) is 0 Å². The van der Waals surface area contributed by atoms with E-state index in [4.69, 9.17) is 14.4 Å². The van der Waals surface area contributed by atoms with Gasteiger partial charge in [-0.25, -0.2) is 9.97 Å². The molecule has 0 bridgehead atoms. The third-order valence-electron chi connectivity index (χ3n) is 13.4. The summed E-state index contributed by atoms with van der Waals surface area (Å²) in [6, 6.07) is 72.3. The molecule has 12 aromatic rings. The first-order valence-electron chi connectivity index (χ1n) is 20.9. The molecule has 1 spiro atoms. The fourth-order valence-electron chi connectivity index (χ4n) is 11.0. The Kier molecular flexibility index (Phi) is 6.46. The minimum atomic E-state index is -0.429. The van der Waals surface area contributed by atoms with Crippen molar-refractivity contribution in [2.45, 2.75) is 5.41 Å². The van der Waals surface area contributed by atoms with Crippen molar-refractivity contribution in [2.24, 2.45) is 0 Å². The minimum Gasteiger partial charge on any atom is -0.455 e. The van der Waals surface area contributed by atoms with Gasteiger partial charge in [0.1, 0.15) is 11.2 Å². The summed E-state index contributed by atoms with van der Waals surface area (Å²) in [6.07, 6.45) is 0. The van der Waals surface area contributed by atoms with Gasteiger partial charge in [0.15, 0.2) is 5.82 Å². The van der Waals surface area contributed by atoms with E-state index >= 15 is 0 Å². The second-order valence-corrected chi connectivity index (χ2v) is 16.4. The lowest BCUT2D eigenvalue weighted by atomic mass is 9.70. The van der Waals surface area contributed by atoms with E-state index in [0.717, 1.165) is 55.3 Å². The van der Waals surface area contributed by atoms with E-state index < -0.39 is 5.41 Å². The fraction of sp³-hybridized carbons (Fsp3) is 0.0175. The molecule has 282 valence electrons. The van der Waals surface area contributed by atoms with Gasteiger partial charge >= 0.3 is 0 Å². The molecule has 3 heterocycles. The maximum absolute atomic E-state index is 6.86. The van der Waals surface area contributed by atoms with Crippen LogP contribution in [-0.2, 0) is 5.41 Å². The van der Waals surface area contributed by atoms with E-state index in [0.29, 0.717) is 5.82 Å². The molecule has 14 rings (SSSR count). The molecule has 2 aliphatic rings. The van der Waals surface area contributed by atoms with Gasteiger partial charge in [0.25, 0.3) is 0 Å². The molecule has 0 unspecified atom stereocenters. The molecule has 61 heavy (non-hydrogen) atoms. The smallest absolute Gasteiger partial charge is 0.160 e. The summed E-state index contributed by atoms with van der Waals surface area (Å²) in [5.74, 6) is 0.691. The largest absolute Gasteiger partial charge is 0.455 e. The highest BCUT2D eigenvalue weighted by atomic mass is 16.3. The minimum absolute atomic E-state index is 0.429. The maximum Gasteiger partial charge on any atom is 0.160 e. The average molecular weight is 776 g/mol. The molecule has 0 N–H and O–H groups in total. The second kappa shape index (κ2) is 12.0. The first-order valence-corrected chi connectivity index (χ1v) is 20.9. The number of furan rings is 1. The molecule has 0 atom stereocenters. The van der Waals surface area contributed by atoms with Crippen molar-refractivity contribution < 1.29 is 4.42 Å². The quantitative estimate of drug-likeness (QED) is 0.180. The number of fused-ring (bicyclic) bond motifs is 18. The molecule has 0 fully saturated rings. The topological polar surface area (TPSA) is 43.9 Å². The predicted octanol–water partition coefficient (Wildman–Crippen LogP) is 14.3. The standard InChI is InChI=1S/C57H33N3O/c1-2-15-34(16-3-1)56-58-49-27-12-7-21-42(49)53(59-56)43-23-14-22-40-44-33-35(29-32-51(44)61-55(40)43)60-50-28-13-8-19-38(50)39-30-31-48-52(54(39)60)41-20-6-11-26-47(41)57(48)45-24-9-4-17-36(45)37-18-5-10-25-46(37)57/h1-33H. The third-order valence-corrected chi connectivity index (χ3v) is 13.4. The monoisotopic (exact) mass is 775 g/mol. The van der Waals surface area contributed by atoms with Gasteiger partial charge in [0, 0.05) is 49.3 Å². The SMILES string of the molecule is c1ccc(-c2nc(-c3cccc4c3oc3ccc(-n5c6ccccc6c6ccc7c(c65)-c5ccccc5C75c6ccccc6-c6ccccc65)cc34)c3ccccc3n2)cc1. The Bertz CT molecular complexity index is 3790. The molecular weight excluding hydrogens is 743 g/mol. The van der Waals surface area contributed by atoms with Crippen LogP contribution in [-0.4, -0.2) is 14.5 Å². The zero-order valence-electron chi connectivity index (χ0n) is 32.8. The Morgan fingerprint density at radius 1 is 0.426 bits per heavy atom. The van der Waals surface area contributed by atoms with Crippen LogP contribution < -0.4 is 0 Å². The summed E-state index contributed by atoms with van der Waals surface area (Å²) in [6.45, 7) is 0. The molecule has 0 amide bonds. The summed E-state index contributed by atoms with van der Waals surface area (Å²) in [4.78, 5) is 10.2. The van der Waals surface area contributed by atoms with Gasteiger partial charge in [0.05, 0.1) is 27.7 Å².